The molecule has 0 saturated heterocycles. The number of hydrogen-bond acceptors (Lipinski definition) is 1. The number of aryl methyl sites for hydroxylation is 1. The maximum atomic E-state index is 9.19. The van der Waals surface area contributed by atoms with Crippen LogP contribution in [0.4, 0.5) is 0 Å². The smallest absolute Gasteiger partial charge is 0.138 e. The Labute approximate surface area is 231 Å². The van der Waals surface area contributed by atoms with E-state index in [-0.39, 0.29) is 45.7 Å². The fraction of sp³-hybridized carbons (Fsp3) is 0.0270. The van der Waals surface area contributed by atoms with E-state index < -0.39 is 24.2 Å². The largest absolute Gasteiger partial charge is 0.456 e. The zero-order valence-electron chi connectivity index (χ0n) is 28.4. The van der Waals surface area contributed by atoms with Crippen LogP contribution in [0.25, 0.3) is 76.5 Å². The molecule has 178 valence electrons. The van der Waals surface area contributed by atoms with Crippen LogP contribution in [-0.4, -0.2) is 0 Å². The quantitative estimate of drug-likeness (QED) is 0.219. The summed E-state index contributed by atoms with van der Waals surface area (Å²) in [5.74, 6) is 0. The molecule has 0 radical (unpaired) electrons. The minimum Gasteiger partial charge on any atom is -0.456 e. The molecule has 1 nitrogen and oxygen atoms in total. The van der Waals surface area contributed by atoms with Crippen LogP contribution in [0.1, 0.15) is 16.5 Å². The standard InChI is InChI=1S/C37H24O/c1-23-21-26(22-32-36-27-14-6-5-11-24(27)19-20-33(36)38-37(23)32)35-30-17-9-7-15-28(30)34(25-12-3-2-4-13-25)29-16-8-10-18-31(29)35/h2-22H,1H3/i7D,8D,9D,10D,15D,16D,17D,18D. The van der Waals surface area contributed by atoms with Gasteiger partial charge in [-0.2, -0.15) is 0 Å². The van der Waals surface area contributed by atoms with Gasteiger partial charge >= 0.3 is 0 Å². The van der Waals surface area contributed by atoms with Crippen LogP contribution in [0, 0.1) is 6.92 Å². The summed E-state index contributed by atoms with van der Waals surface area (Å²) >= 11 is 0. The van der Waals surface area contributed by atoms with Gasteiger partial charge in [-0.3, -0.25) is 0 Å². The molecule has 1 heterocycles. The van der Waals surface area contributed by atoms with Crippen molar-refractivity contribution in [3.8, 4) is 22.3 Å². The number of benzene rings is 7. The van der Waals surface area contributed by atoms with E-state index in [0.717, 1.165) is 27.1 Å². The van der Waals surface area contributed by atoms with Crippen LogP contribution in [0.15, 0.2) is 132 Å². The SMILES string of the molecule is [2H]c1c([2H])c([2H])c2c(-c3cc(C)c4oc5ccc6ccccc6c5c4c3)c3c([2H])c([2H])c([2H])c([2H])c3c(-c3ccccc3)c2c1[2H]. The molecule has 8 aromatic rings. The first kappa shape index (κ1) is 14.8. The normalized spacial score (nSPS) is 14.8. The highest BCUT2D eigenvalue weighted by molar-refractivity contribution is 6.24. The van der Waals surface area contributed by atoms with Gasteiger partial charge in [-0.1, -0.05) is 109 Å². The van der Waals surface area contributed by atoms with Crippen molar-refractivity contribution in [2.45, 2.75) is 6.92 Å². The number of fused-ring (bicyclic) bond motifs is 7. The van der Waals surface area contributed by atoms with Crippen LogP contribution in [0.5, 0.6) is 0 Å². The summed E-state index contributed by atoms with van der Waals surface area (Å²) in [5, 5.41) is 4.52. The summed E-state index contributed by atoms with van der Waals surface area (Å²) in [7, 11) is 0. The fourth-order valence-electron chi connectivity index (χ4n) is 5.77. The molecule has 0 aliphatic rings. The Morgan fingerprint density at radius 1 is 0.553 bits per heavy atom. The highest BCUT2D eigenvalue weighted by Gasteiger charge is 2.19. The van der Waals surface area contributed by atoms with Crippen molar-refractivity contribution in [2.75, 3.05) is 0 Å². The van der Waals surface area contributed by atoms with Crippen LogP contribution in [0.2, 0.25) is 0 Å². The van der Waals surface area contributed by atoms with E-state index in [9.17, 15) is 2.74 Å². The number of furan rings is 1. The Balaban J connectivity index is 1.68. The average Bonchev–Trinajstić information content (AvgIpc) is 3.47. The third kappa shape index (κ3) is 2.99. The molecule has 0 atom stereocenters. The molecule has 0 amide bonds. The lowest BCUT2D eigenvalue weighted by Gasteiger charge is -2.18. The van der Waals surface area contributed by atoms with Crippen molar-refractivity contribution in [2.24, 2.45) is 0 Å². The van der Waals surface area contributed by atoms with Gasteiger partial charge in [0.25, 0.3) is 0 Å². The zero-order valence-corrected chi connectivity index (χ0v) is 20.4. The van der Waals surface area contributed by atoms with Crippen molar-refractivity contribution in [1.82, 2.24) is 0 Å². The van der Waals surface area contributed by atoms with Crippen molar-refractivity contribution in [1.29, 1.82) is 0 Å². The Kier molecular flexibility index (Phi) is 3.13. The van der Waals surface area contributed by atoms with E-state index in [1.54, 1.807) is 24.3 Å². The lowest BCUT2D eigenvalue weighted by atomic mass is 9.85. The molecule has 0 bridgehead atoms. The molecule has 0 aliphatic heterocycles. The molecule has 0 aliphatic carbocycles. The predicted octanol–water partition coefficient (Wildman–Crippen LogP) is 10.7. The zero-order chi connectivity index (χ0) is 32.2. The van der Waals surface area contributed by atoms with Crippen molar-refractivity contribution in [3.05, 3.63) is 133 Å². The Bertz CT molecular complexity index is 2540. The first-order chi connectivity index (χ1) is 22.1. The highest BCUT2D eigenvalue weighted by atomic mass is 16.3. The maximum Gasteiger partial charge on any atom is 0.138 e. The monoisotopic (exact) mass is 492 g/mol. The highest BCUT2D eigenvalue weighted by Crippen LogP contribution is 2.45. The van der Waals surface area contributed by atoms with E-state index in [1.165, 1.54) is 0 Å². The molecule has 0 spiro atoms. The second-order valence-electron chi connectivity index (χ2n) is 9.55. The van der Waals surface area contributed by atoms with Gasteiger partial charge < -0.3 is 4.42 Å². The topological polar surface area (TPSA) is 13.1 Å². The summed E-state index contributed by atoms with van der Waals surface area (Å²) < 4.78 is 77.5. The maximum absolute atomic E-state index is 9.19. The predicted molar refractivity (Wildman–Crippen MR) is 162 cm³/mol. The fourth-order valence-corrected chi connectivity index (χ4v) is 5.77. The van der Waals surface area contributed by atoms with Crippen LogP contribution in [0.3, 0.4) is 0 Å². The van der Waals surface area contributed by atoms with E-state index >= 15 is 0 Å². The van der Waals surface area contributed by atoms with Crippen LogP contribution in [-0.2, 0) is 0 Å². The first-order valence-electron chi connectivity index (χ1n) is 16.5. The molecule has 0 saturated carbocycles. The van der Waals surface area contributed by atoms with E-state index in [1.807, 2.05) is 61.5 Å². The summed E-state index contributed by atoms with van der Waals surface area (Å²) in [6, 6.07) is 21.9. The van der Waals surface area contributed by atoms with Crippen molar-refractivity contribution in [3.63, 3.8) is 0 Å². The van der Waals surface area contributed by atoms with Gasteiger partial charge in [0.15, 0.2) is 0 Å². The molecular weight excluding hydrogens is 460 g/mol. The molecule has 7 aromatic carbocycles. The van der Waals surface area contributed by atoms with Crippen LogP contribution >= 0.6 is 0 Å². The summed E-state index contributed by atoms with van der Waals surface area (Å²) in [6.45, 7) is 1.91. The number of hydrogen-bond donors (Lipinski definition) is 0. The summed E-state index contributed by atoms with van der Waals surface area (Å²) in [4.78, 5) is 0. The van der Waals surface area contributed by atoms with E-state index in [2.05, 4.69) is 0 Å². The van der Waals surface area contributed by atoms with Crippen molar-refractivity contribution < 1.29 is 15.4 Å². The minimum absolute atomic E-state index is 0.193. The molecule has 0 fully saturated rings. The lowest BCUT2D eigenvalue weighted by molar-refractivity contribution is 0.666. The van der Waals surface area contributed by atoms with E-state index in [4.69, 9.17) is 12.6 Å². The van der Waals surface area contributed by atoms with Gasteiger partial charge in [-0.25, -0.2) is 0 Å². The molecule has 8 rings (SSSR count). The van der Waals surface area contributed by atoms with Gasteiger partial charge in [-0.05, 0) is 85.3 Å². The molecule has 0 N–H and O–H groups in total. The summed E-state index contributed by atoms with van der Waals surface area (Å²) in [5.41, 5.74) is 3.96. The second kappa shape index (κ2) is 8.06. The van der Waals surface area contributed by atoms with Gasteiger partial charge in [0.05, 0.1) is 11.0 Å². The Morgan fingerprint density at radius 3 is 1.84 bits per heavy atom. The molecular formula is C37H24O. The van der Waals surface area contributed by atoms with Gasteiger partial charge in [0.1, 0.15) is 11.2 Å². The van der Waals surface area contributed by atoms with E-state index in [0.29, 0.717) is 33.4 Å². The molecule has 1 heteroatoms. The van der Waals surface area contributed by atoms with Gasteiger partial charge in [-0.15, -0.1) is 0 Å². The molecule has 0 unspecified atom stereocenters. The van der Waals surface area contributed by atoms with Gasteiger partial charge in [0, 0.05) is 10.8 Å². The lowest BCUT2D eigenvalue weighted by Crippen LogP contribution is -1.91. The Morgan fingerprint density at radius 2 is 1.16 bits per heavy atom. The first-order valence-corrected chi connectivity index (χ1v) is 12.5. The minimum atomic E-state index is -0.421. The second-order valence-corrected chi connectivity index (χ2v) is 9.55. The Hall–Kier alpha value is -4.88. The van der Waals surface area contributed by atoms with Crippen molar-refractivity contribution >= 4 is 54.3 Å². The third-order valence-electron chi connectivity index (χ3n) is 7.37. The molecule has 1 aromatic heterocycles. The number of rotatable bonds is 2. The van der Waals surface area contributed by atoms with Gasteiger partial charge in [0.2, 0.25) is 0 Å². The summed E-state index contributed by atoms with van der Waals surface area (Å²) in [6.07, 6.45) is 0. The third-order valence-corrected chi connectivity index (χ3v) is 7.37. The van der Waals surface area contributed by atoms with Crippen LogP contribution < -0.4 is 0 Å². The average molecular weight is 493 g/mol. The molecule has 38 heavy (non-hydrogen) atoms.